The molecule has 18 heavy (non-hydrogen) atoms. The number of hydrogen-bond donors (Lipinski definition) is 2. The Hall–Kier alpha value is -1.39. The Kier molecular flexibility index (Phi) is 4.33. The zero-order valence-corrected chi connectivity index (χ0v) is 10.6. The molecule has 2 aromatic rings. The van der Waals surface area contributed by atoms with Crippen molar-refractivity contribution < 1.29 is 8.81 Å². The first-order valence-corrected chi connectivity index (χ1v) is 6.39. The van der Waals surface area contributed by atoms with Crippen molar-refractivity contribution in [3.63, 3.8) is 0 Å². The fraction of sp³-hybridized carbons (Fsp3) is 0.429. The molecule has 0 aliphatic heterocycles. The Morgan fingerprint density at radius 1 is 1.33 bits per heavy atom. The number of fused-ring (bicyclic) bond motifs is 1. The summed E-state index contributed by atoms with van der Waals surface area (Å²) in [5, 5.41) is 0.778. The van der Waals surface area contributed by atoms with E-state index in [4.69, 9.17) is 10.3 Å². The minimum absolute atomic E-state index is 0.00740. The standard InChI is InChI=1S/C14H19FN2O/c1-2-3-4-5-12(17-16)14-9-10-8-11(15)6-7-13(10)18-14/h6-9,12,17H,2-5,16H2,1H3. The molecular formula is C14H19FN2O. The van der Waals surface area contributed by atoms with Crippen molar-refractivity contribution in [2.24, 2.45) is 5.84 Å². The highest BCUT2D eigenvalue weighted by Gasteiger charge is 2.14. The van der Waals surface area contributed by atoms with Crippen LogP contribution in [0.5, 0.6) is 0 Å². The number of benzene rings is 1. The van der Waals surface area contributed by atoms with Gasteiger partial charge in [-0.1, -0.05) is 26.2 Å². The van der Waals surface area contributed by atoms with Gasteiger partial charge in [-0.3, -0.25) is 5.84 Å². The average molecular weight is 250 g/mol. The Balaban J connectivity index is 2.17. The van der Waals surface area contributed by atoms with E-state index in [0.29, 0.717) is 5.58 Å². The molecule has 3 nitrogen and oxygen atoms in total. The van der Waals surface area contributed by atoms with Gasteiger partial charge in [-0.15, -0.1) is 0 Å². The van der Waals surface area contributed by atoms with E-state index in [1.807, 2.05) is 6.07 Å². The van der Waals surface area contributed by atoms with Crippen LogP contribution in [0.2, 0.25) is 0 Å². The molecule has 0 aliphatic carbocycles. The fourth-order valence-electron chi connectivity index (χ4n) is 2.11. The molecule has 1 atom stereocenters. The smallest absolute Gasteiger partial charge is 0.134 e. The van der Waals surface area contributed by atoms with Crippen LogP contribution in [-0.2, 0) is 0 Å². The van der Waals surface area contributed by atoms with Crippen LogP contribution in [0.25, 0.3) is 11.0 Å². The molecule has 1 unspecified atom stereocenters. The monoisotopic (exact) mass is 250 g/mol. The van der Waals surface area contributed by atoms with Crippen LogP contribution in [0.4, 0.5) is 4.39 Å². The molecule has 0 saturated carbocycles. The summed E-state index contributed by atoms with van der Waals surface area (Å²) in [5.74, 6) is 6.08. The normalized spacial score (nSPS) is 13.1. The summed E-state index contributed by atoms with van der Waals surface area (Å²) in [6.07, 6.45) is 4.36. The van der Waals surface area contributed by atoms with E-state index in [2.05, 4.69) is 12.3 Å². The largest absolute Gasteiger partial charge is 0.459 e. The van der Waals surface area contributed by atoms with E-state index in [0.717, 1.165) is 24.0 Å². The number of rotatable bonds is 6. The van der Waals surface area contributed by atoms with Crippen LogP contribution in [0.15, 0.2) is 28.7 Å². The lowest BCUT2D eigenvalue weighted by molar-refractivity contribution is 0.404. The second-order valence-electron chi connectivity index (χ2n) is 4.55. The van der Waals surface area contributed by atoms with E-state index in [1.165, 1.54) is 25.0 Å². The first-order valence-electron chi connectivity index (χ1n) is 6.39. The van der Waals surface area contributed by atoms with Crippen LogP contribution in [0, 0.1) is 5.82 Å². The predicted molar refractivity (Wildman–Crippen MR) is 70.4 cm³/mol. The molecule has 2 rings (SSSR count). The summed E-state index contributed by atoms with van der Waals surface area (Å²) < 4.78 is 18.8. The first-order chi connectivity index (χ1) is 8.74. The van der Waals surface area contributed by atoms with Crippen molar-refractivity contribution in [2.45, 2.75) is 38.6 Å². The minimum atomic E-state index is -0.252. The highest BCUT2D eigenvalue weighted by molar-refractivity contribution is 5.78. The second-order valence-corrected chi connectivity index (χ2v) is 4.55. The SMILES string of the molecule is CCCCCC(NN)c1cc2cc(F)ccc2o1. The Morgan fingerprint density at radius 2 is 2.17 bits per heavy atom. The zero-order chi connectivity index (χ0) is 13.0. The van der Waals surface area contributed by atoms with E-state index < -0.39 is 0 Å². The van der Waals surface area contributed by atoms with E-state index >= 15 is 0 Å². The third-order valence-corrected chi connectivity index (χ3v) is 3.14. The maximum atomic E-state index is 13.1. The maximum absolute atomic E-state index is 13.1. The van der Waals surface area contributed by atoms with Crippen molar-refractivity contribution in [3.05, 3.63) is 35.8 Å². The molecule has 0 aliphatic rings. The van der Waals surface area contributed by atoms with Gasteiger partial charge in [-0.25, -0.2) is 9.82 Å². The lowest BCUT2D eigenvalue weighted by Gasteiger charge is -2.12. The molecular weight excluding hydrogens is 231 g/mol. The Labute approximate surface area is 106 Å². The van der Waals surface area contributed by atoms with Gasteiger partial charge < -0.3 is 4.42 Å². The van der Waals surface area contributed by atoms with Crippen LogP contribution >= 0.6 is 0 Å². The molecule has 1 aromatic carbocycles. The van der Waals surface area contributed by atoms with E-state index in [9.17, 15) is 4.39 Å². The molecule has 0 radical (unpaired) electrons. The molecule has 0 fully saturated rings. The zero-order valence-electron chi connectivity index (χ0n) is 10.6. The topological polar surface area (TPSA) is 51.2 Å². The van der Waals surface area contributed by atoms with Crippen molar-refractivity contribution in [3.8, 4) is 0 Å². The third-order valence-electron chi connectivity index (χ3n) is 3.14. The van der Waals surface area contributed by atoms with Gasteiger partial charge in [0.25, 0.3) is 0 Å². The van der Waals surface area contributed by atoms with Gasteiger partial charge in [0.05, 0.1) is 6.04 Å². The Bertz CT molecular complexity index is 509. The quantitative estimate of drug-likeness (QED) is 0.467. The summed E-state index contributed by atoms with van der Waals surface area (Å²) in [4.78, 5) is 0. The molecule has 3 N–H and O–H groups in total. The number of hydrazine groups is 1. The van der Waals surface area contributed by atoms with Gasteiger partial charge >= 0.3 is 0 Å². The van der Waals surface area contributed by atoms with Gasteiger partial charge in [-0.2, -0.15) is 0 Å². The van der Waals surface area contributed by atoms with Gasteiger partial charge in [0.1, 0.15) is 17.2 Å². The highest BCUT2D eigenvalue weighted by atomic mass is 19.1. The number of nitrogens with one attached hydrogen (secondary N) is 1. The molecule has 1 aromatic heterocycles. The van der Waals surface area contributed by atoms with Gasteiger partial charge in [0.15, 0.2) is 0 Å². The van der Waals surface area contributed by atoms with Crippen molar-refractivity contribution >= 4 is 11.0 Å². The van der Waals surface area contributed by atoms with E-state index in [1.54, 1.807) is 6.07 Å². The lowest BCUT2D eigenvalue weighted by atomic mass is 10.1. The molecule has 1 heterocycles. The molecule has 4 heteroatoms. The van der Waals surface area contributed by atoms with E-state index in [-0.39, 0.29) is 11.9 Å². The summed E-state index contributed by atoms with van der Waals surface area (Å²) >= 11 is 0. The van der Waals surface area contributed by atoms with Gasteiger partial charge in [0.2, 0.25) is 0 Å². The molecule has 0 amide bonds. The summed E-state index contributed by atoms with van der Waals surface area (Å²) in [5.41, 5.74) is 3.46. The van der Waals surface area contributed by atoms with Crippen LogP contribution < -0.4 is 11.3 Å². The first kappa shape index (κ1) is 13.1. The third kappa shape index (κ3) is 2.89. The molecule has 98 valence electrons. The second kappa shape index (κ2) is 5.98. The number of hydrogen-bond acceptors (Lipinski definition) is 3. The number of furan rings is 1. The fourth-order valence-corrected chi connectivity index (χ4v) is 2.11. The minimum Gasteiger partial charge on any atom is -0.459 e. The van der Waals surface area contributed by atoms with Crippen LogP contribution in [0.3, 0.4) is 0 Å². The van der Waals surface area contributed by atoms with Gasteiger partial charge in [-0.05, 0) is 30.7 Å². The number of unbranched alkanes of at least 4 members (excludes halogenated alkanes) is 2. The van der Waals surface area contributed by atoms with Gasteiger partial charge in [0, 0.05) is 5.39 Å². The number of halogens is 1. The van der Waals surface area contributed by atoms with Crippen LogP contribution in [0.1, 0.15) is 44.4 Å². The molecule has 0 saturated heterocycles. The molecule has 0 bridgehead atoms. The lowest BCUT2D eigenvalue weighted by Crippen LogP contribution is -2.27. The maximum Gasteiger partial charge on any atom is 0.134 e. The average Bonchev–Trinajstić information content (AvgIpc) is 2.77. The predicted octanol–water partition coefficient (Wildman–Crippen LogP) is 3.66. The summed E-state index contributed by atoms with van der Waals surface area (Å²) in [7, 11) is 0. The van der Waals surface area contributed by atoms with Crippen molar-refractivity contribution in [2.75, 3.05) is 0 Å². The molecule has 0 spiro atoms. The highest BCUT2D eigenvalue weighted by Crippen LogP contribution is 2.27. The van der Waals surface area contributed by atoms with Crippen LogP contribution in [-0.4, -0.2) is 0 Å². The van der Waals surface area contributed by atoms with Crippen molar-refractivity contribution in [1.82, 2.24) is 5.43 Å². The summed E-state index contributed by atoms with van der Waals surface area (Å²) in [6, 6.07) is 6.37. The summed E-state index contributed by atoms with van der Waals surface area (Å²) in [6.45, 7) is 2.16. The number of nitrogens with two attached hydrogens (primary N) is 1. The Morgan fingerprint density at radius 3 is 2.89 bits per heavy atom. The van der Waals surface area contributed by atoms with Crippen molar-refractivity contribution in [1.29, 1.82) is 0 Å².